The van der Waals surface area contributed by atoms with Crippen molar-refractivity contribution in [3.63, 3.8) is 0 Å². The number of hydrogen-bond acceptors (Lipinski definition) is 4. The lowest BCUT2D eigenvalue weighted by Gasteiger charge is -2.17. The normalized spacial score (nSPS) is 11.8. The summed E-state index contributed by atoms with van der Waals surface area (Å²) in [6, 6.07) is 8.63. The second-order valence-corrected chi connectivity index (χ2v) is 7.30. The van der Waals surface area contributed by atoms with Crippen molar-refractivity contribution < 1.29 is 8.42 Å². The molecule has 0 atom stereocenters. The predicted molar refractivity (Wildman–Crippen MR) is 81.4 cm³/mol. The average Bonchev–Trinajstić information content (AvgIpc) is 2.41. The highest BCUT2D eigenvalue weighted by molar-refractivity contribution is 9.10. The molecule has 0 bridgehead atoms. The first-order valence-corrected chi connectivity index (χ1v) is 8.04. The second-order valence-electron chi connectivity index (χ2n) is 4.34. The van der Waals surface area contributed by atoms with E-state index in [2.05, 4.69) is 20.9 Å². The third-order valence-corrected chi connectivity index (χ3v) is 4.98. The van der Waals surface area contributed by atoms with Gasteiger partial charge in [0.05, 0.1) is 0 Å². The van der Waals surface area contributed by atoms with Crippen LogP contribution in [0.5, 0.6) is 0 Å². The number of nitrogens with two attached hydrogens (primary N) is 1. The van der Waals surface area contributed by atoms with Crippen LogP contribution < -0.4 is 5.73 Å². The van der Waals surface area contributed by atoms with Crippen LogP contribution in [0.1, 0.15) is 5.56 Å². The highest BCUT2D eigenvalue weighted by atomic mass is 79.9. The van der Waals surface area contributed by atoms with Crippen molar-refractivity contribution in [2.45, 2.75) is 11.4 Å². The van der Waals surface area contributed by atoms with Gasteiger partial charge in [-0.25, -0.2) is 8.42 Å². The zero-order valence-corrected chi connectivity index (χ0v) is 13.2. The molecule has 20 heavy (non-hydrogen) atoms. The Morgan fingerprint density at radius 2 is 1.90 bits per heavy atom. The highest BCUT2D eigenvalue weighted by Gasteiger charge is 2.21. The Kier molecular flexibility index (Phi) is 4.42. The fraction of sp³-hybridized carbons (Fsp3) is 0.154. The Labute approximate surface area is 126 Å². The fourth-order valence-electron chi connectivity index (χ4n) is 1.68. The van der Waals surface area contributed by atoms with Crippen molar-refractivity contribution in [3.8, 4) is 0 Å². The summed E-state index contributed by atoms with van der Waals surface area (Å²) in [4.78, 5) is 4.04. The lowest BCUT2D eigenvalue weighted by molar-refractivity contribution is 0.466. The maximum atomic E-state index is 12.4. The maximum absolute atomic E-state index is 12.4. The third kappa shape index (κ3) is 3.36. The zero-order valence-electron chi connectivity index (χ0n) is 10.8. The van der Waals surface area contributed by atoms with Crippen molar-refractivity contribution >= 4 is 31.6 Å². The van der Waals surface area contributed by atoms with E-state index in [4.69, 9.17) is 5.73 Å². The minimum Gasteiger partial charge on any atom is -0.399 e. The summed E-state index contributed by atoms with van der Waals surface area (Å²) in [7, 11) is -2.03. The first kappa shape index (κ1) is 15.0. The van der Waals surface area contributed by atoms with Crippen LogP contribution in [-0.2, 0) is 16.6 Å². The van der Waals surface area contributed by atoms with E-state index in [-0.39, 0.29) is 11.4 Å². The van der Waals surface area contributed by atoms with Gasteiger partial charge in [-0.15, -0.1) is 0 Å². The summed E-state index contributed by atoms with van der Waals surface area (Å²) in [6.45, 7) is 0.273. The number of pyridine rings is 1. The van der Waals surface area contributed by atoms with Gasteiger partial charge in [0, 0.05) is 36.1 Å². The monoisotopic (exact) mass is 355 g/mol. The Hall–Kier alpha value is -1.44. The molecule has 1 aromatic carbocycles. The van der Waals surface area contributed by atoms with Gasteiger partial charge in [-0.2, -0.15) is 4.31 Å². The van der Waals surface area contributed by atoms with E-state index in [1.54, 1.807) is 30.5 Å². The van der Waals surface area contributed by atoms with Gasteiger partial charge >= 0.3 is 0 Å². The number of rotatable bonds is 4. The van der Waals surface area contributed by atoms with Gasteiger partial charge in [0.1, 0.15) is 4.90 Å². The lowest BCUT2D eigenvalue weighted by atomic mass is 10.2. The van der Waals surface area contributed by atoms with E-state index in [9.17, 15) is 8.42 Å². The molecule has 7 heteroatoms. The number of aromatic nitrogens is 1. The van der Waals surface area contributed by atoms with Crippen molar-refractivity contribution in [3.05, 3.63) is 52.8 Å². The molecule has 0 radical (unpaired) electrons. The van der Waals surface area contributed by atoms with Crippen LogP contribution in [0.15, 0.2) is 52.1 Å². The van der Waals surface area contributed by atoms with Gasteiger partial charge in [-0.3, -0.25) is 4.98 Å². The summed E-state index contributed by atoms with van der Waals surface area (Å²) < 4.78 is 26.7. The molecular formula is C13H14BrN3O2S. The molecule has 5 nitrogen and oxygen atoms in total. The molecule has 0 saturated heterocycles. The average molecular weight is 356 g/mol. The van der Waals surface area contributed by atoms with Crippen LogP contribution in [0, 0.1) is 0 Å². The van der Waals surface area contributed by atoms with Crippen LogP contribution in [0.2, 0.25) is 0 Å². The topological polar surface area (TPSA) is 76.3 Å². The molecule has 2 N–H and O–H groups in total. The van der Waals surface area contributed by atoms with Crippen LogP contribution in [0.4, 0.5) is 5.69 Å². The van der Waals surface area contributed by atoms with Crippen molar-refractivity contribution in [1.29, 1.82) is 0 Å². The number of anilines is 1. The molecular weight excluding hydrogens is 342 g/mol. The molecule has 0 saturated carbocycles. The molecule has 0 aliphatic heterocycles. The first-order chi connectivity index (χ1) is 9.39. The highest BCUT2D eigenvalue weighted by Crippen LogP contribution is 2.19. The molecule has 2 aromatic rings. The van der Waals surface area contributed by atoms with E-state index in [0.717, 1.165) is 5.56 Å². The molecule has 1 heterocycles. The third-order valence-electron chi connectivity index (χ3n) is 2.77. The van der Waals surface area contributed by atoms with Crippen molar-refractivity contribution in [2.24, 2.45) is 0 Å². The minimum absolute atomic E-state index is 0.157. The van der Waals surface area contributed by atoms with Crippen molar-refractivity contribution in [2.75, 3.05) is 12.8 Å². The number of nitrogens with zero attached hydrogens (tertiary/aromatic N) is 2. The van der Waals surface area contributed by atoms with Crippen LogP contribution in [0.3, 0.4) is 0 Å². The molecule has 0 unspecified atom stereocenters. The standard InChI is InChI=1S/C13H14BrN3O2S/c1-17(9-10-2-4-12(15)5-3-10)20(18,19)13-6-11(14)7-16-8-13/h2-8H,9,15H2,1H3. The molecule has 1 aromatic heterocycles. The van der Waals surface area contributed by atoms with Gasteiger partial charge < -0.3 is 5.73 Å². The Bertz CT molecular complexity index is 702. The predicted octanol–water partition coefficient (Wildman–Crippen LogP) is 2.25. The van der Waals surface area contributed by atoms with Gasteiger partial charge in [0.25, 0.3) is 0 Å². The molecule has 0 fully saturated rings. The Balaban J connectivity index is 2.23. The number of halogens is 1. The smallest absolute Gasteiger partial charge is 0.244 e. The number of benzene rings is 1. The first-order valence-electron chi connectivity index (χ1n) is 5.81. The van der Waals surface area contributed by atoms with Crippen LogP contribution in [-0.4, -0.2) is 24.8 Å². The van der Waals surface area contributed by atoms with E-state index >= 15 is 0 Å². The summed E-state index contributed by atoms with van der Waals surface area (Å²) in [6.07, 6.45) is 2.87. The van der Waals surface area contributed by atoms with Crippen LogP contribution >= 0.6 is 15.9 Å². The quantitative estimate of drug-likeness (QED) is 0.853. The number of nitrogen functional groups attached to an aromatic ring is 1. The molecule has 0 amide bonds. The zero-order chi connectivity index (χ0) is 14.8. The summed E-state index contributed by atoms with van der Waals surface area (Å²) in [5.41, 5.74) is 7.12. The number of hydrogen-bond donors (Lipinski definition) is 1. The summed E-state index contributed by atoms with van der Waals surface area (Å²) >= 11 is 3.22. The van der Waals surface area contributed by atoms with Gasteiger partial charge in [-0.1, -0.05) is 12.1 Å². The van der Waals surface area contributed by atoms with E-state index in [1.165, 1.54) is 23.6 Å². The maximum Gasteiger partial charge on any atom is 0.244 e. The summed E-state index contributed by atoms with van der Waals surface area (Å²) in [5, 5.41) is 0. The molecule has 0 spiro atoms. The van der Waals surface area contributed by atoms with E-state index in [0.29, 0.717) is 10.2 Å². The van der Waals surface area contributed by atoms with E-state index in [1.807, 2.05) is 0 Å². The Morgan fingerprint density at radius 3 is 2.50 bits per heavy atom. The molecule has 0 aliphatic rings. The van der Waals surface area contributed by atoms with E-state index < -0.39 is 10.0 Å². The fourth-order valence-corrected chi connectivity index (χ4v) is 3.34. The van der Waals surface area contributed by atoms with Gasteiger partial charge in [0.2, 0.25) is 10.0 Å². The summed E-state index contributed by atoms with van der Waals surface area (Å²) in [5.74, 6) is 0. The number of sulfonamides is 1. The SMILES string of the molecule is CN(Cc1ccc(N)cc1)S(=O)(=O)c1cncc(Br)c1. The molecule has 2 rings (SSSR count). The Morgan fingerprint density at radius 1 is 1.25 bits per heavy atom. The van der Waals surface area contributed by atoms with Crippen LogP contribution in [0.25, 0.3) is 0 Å². The van der Waals surface area contributed by atoms with Gasteiger partial charge in [0.15, 0.2) is 0 Å². The molecule has 106 valence electrons. The van der Waals surface area contributed by atoms with Gasteiger partial charge in [-0.05, 0) is 39.7 Å². The van der Waals surface area contributed by atoms with Crippen molar-refractivity contribution in [1.82, 2.24) is 9.29 Å². The molecule has 0 aliphatic carbocycles. The lowest BCUT2D eigenvalue weighted by Crippen LogP contribution is -2.26. The minimum atomic E-state index is -3.56. The second kappa shape index (κ2) is 5.90. The largest absolute Gasteiger partial charge is 0.399 e.